The summed E-state index contributed by atoms with van der Waals surface area (Å²) in [6.45, 7) is 2.16. The molecule has 0 aliphatic heterocycles. The molecule has 3 rings (SSSR count). The molecule has 0 aliphatic carbocycles. The topological polar surface area (TPSA) is 4.93 Å². The average Bonchev–Trinajstić information content (AvgIpc) is 2.89. The highest BCUT2D eigenvalue weighted by atomic mass is 32.2. The lowest BCUT2D eigenvalue weighted by Crippen LogP contribution is -2.00. The molecule has 1 heterocycles. The molecule has 0 spiro atoms. The number of thioether (sulfide) groups is 1. The minimum Gasteiger partial charge on any atom is -0.313 e. The van der Waals surface area contributed by atoms with Gasteiger partial charge in [-0.15, -0.1) is 11.8 Å². The Labute approximate surface area is 124 Å². The number of para-hydroxylation sites is 1. The van der Waals surface area contributed by atoms with Crippen LogP contribution in [-0.4, -0.2) is 10.8 Å². The highest BCUT2D eigenvalue weighted by Crippen LogP contribution is 2.31. The zero-order valence-electron chi connectivity index (χ0n) is 11.7. The van der Waals surface area contributed by atoms with E-state index in [4.69, 9.17) is 0 Å². The normalized spacial score (nSPS) is 10.7. The maximum absolute atomic E-state index is 2.33. The summed E-state index contributed by atoms with van der Waals surface area (Å²) in [5.74, 6) is 0. The molecule has 0 radical (unpaired) electrons. The summed E-state index contributed by atoms with van der Waals surface area (Å²) in [5, 5.41) is 0. The van der Waals surface area contributed by atoms with Gasteiger partial charge in [-0.25, -0.2) is 0 Å². The Morgan fingerprint density at radius 1 is 0.800 bits per heavy atom. The van der Waals surface area contributed by atoms with Crippen LogP contribution in [0.4, 0.5) is 0 Å². The molecule has 0 aliphatic rings. The van der Waals surface area contributed by atoms with Crippen molar-refractivity contribution in [2.24, 2.45) is 0 Å². The van der Waals surface area contributed by atoms with Gasteiger partial charge in [-0.05, 0) is 43.0 Å². The minimum absolute atomic E-state index is 1.24. The molecule has 0 bridgehead atoms. The number of hydrogen-bond acceptors (Lipinski definition) is 1. The second kappa shape index (κ2) is 5.59. The zero-order valence-corrected chi connectivity index (χ0v) is 12.5. The SMILES string of the molecule is CSc1ccccc1-n1c(C)ccc1-c1ccccc1. The molecule has 3 aromatic rings. The summed E-state index contributed by atoms with van der Waals surface area (Å²) in [6, 6.07) is 23.5. The van der Waals surface area contributed by atoms with Gasteiger partial charge in [0.2, 0.25) is 0 Å². The molecule has 0 atom stereocenters. The highest BCUT2D eigenvalue weighted by Gasteiger charge is 2.11. The molecule has 1 aromatic heterocycles. The standard InChI is InChI=1S/C18H17NS/c1-14-12-13-16(15-8-4-3-5-9-15)19(14)17-10-6-7-11-18(17)20-2/h3-13H,1-2H3. The summed E-state index contributed by atoms with van der Waals surface area (Å²) >= 11 is 1.79. The van der Waals surface area contributed by atoms with Crippen LogP contribution in [0.25, 0.3) is 16.9 Å². The van der Waals surface area contributed by atoms with Crippen molar-refractivity contribution in [3.05, 3.63) is 72.4 Å². The lowest BCUT2D eigenvalue weighted by atomic mass is 10.1. The Hall–Kier alpha value is -1.93. The van der Waals surface area contributed by atoms with E-state index in [0.29, 0.717) is 0 Å². The molecule has 0 saturated carbocycles. The van der Waals surface area contributed by atoms with Crippen molar-refractivity contribution < 1.29 is 0 Å². The van der Waals surface area contributed by atoms with Gasteiger partial charge >= 0.3 is 0 Å². The van der Waals surface area contributed by atoms with Crippen LogP contribution in [0.1, 0.15) is 5.69 Å². The van der Waals surface area contributed by atoms with E-state index in [-0.39, 0.29) is 0 Å². The maximum atomic E-state index is 2.33. The van der Waals surface area contributed by atoms with Crippen molar-refractivity contribution in [3.8, 4) is 16.9 Å². The van der Waals surface area contributed by atoms with Crippen molar-refractivity contribution in [1.82, 2.24) is 4.57 Å². The van der Waals surface area contributed by atoms with Crippen LogP contribution >= 0.6 is 11.8 Å². The van der Waals surface area contributed by atoms with E-state index < -0.39 is 0 Å². The van der Waals surface area contributed by atoms with Gasteiger partial charge in [-0.2, -0.15) is 0 Å². The Kier molecular flexibility index (Phi) is 3.66. The number of aryl methyl sites for hydroxylation is 1. The van der Waals surface area contributed by atoms with Crippen LogP contribution in [0.5, 0.6) is 0 Å². The summed E-state index contributed by atoms with van der Waals surface area (Å²) < 4.78 is 2.33. The van der Waals surface area contributed by atoms with Crippen LogP contribution < -0.4 is 0 Å². The second-order valence-corrected chi connectivity index (χ2v) is 5.58. The smallest absolute Gasteiger partial charge is 0.0594 e. The van der Waals surface area contributed by atoms with Crippen molar-refractivity contribution in [2.75, 3.05) is 6.26 Å². The van der Waals surface area contributed by atoms with Gasteiger partial charge in [0.1, 0.15) is 0 Å². The van der Waals surface area contributed by atoms with Crippen molar-refractivity contribution in [1.29, 1.82) is 0 Å². The van der Waals surface area contributed by atoms with E-state index in [0.717, 1.165) is 0 Å². The van der Waals surface area contributed by atoms with E-state index in [1.54, 1.807) is 11.8 Å². The summed E-state index contributed by atoms with van der Waals surface area (Å²) in [6.07, 6.45) is 2.12. The fraction of sp³-hybridized carbons (Fsp3) is 0.111. The number of hydrogen-bond donors (Lipinski definition) is 0. The van der Waals surface area contributed by atoms with Crippen LogP contribution in [0.3, 0.4) is 0 Å². The molecule has 0 saturated heterocycles. The lowest BCUT2D eigenvalue weighted by molar-refractivity contribution is 0.994. The fourth-order valence-corrected chi connectivity index (χ4v) is 3.09. The van der Waals surface area contributed by atoms with Gasteiger partial charge in [0.15, 0.2) is 0 Å². The van der Waals surface area contributed by atoms with Gasteiger partial charge in [0.25, 0.3) is 0 Å². The molecule has 1 nitrogen and oxygen atoms in total. The Balaban J connectivity index is 2.22. The predicted octanol–water partition coefficient (Wildman–Crippen LogP) is 5.17. The molecule has 2 heteroatoms. The zero-order chi connectivity index (χ0) is 13.9. The highest BCUT2D eigenvalue weighted by molar-refractivity contribution is 7.98. The number of nitrogens with zero attached hydrogens (tertiary/aromatic N) is 1. The van der Waals surface area contributed by atoms with Gasteiger partial charge < -0.3 is 4.57 Å². The van der Waals surface area contributed by atoms with Crippen LogP contribution in [0, 0.1) is 6.92 Å². The summed E-state index contributed by atoms with van der Waals surface area (Å²) in [5.41, 5.74) is 4.99. The van der Waals surface area contributed by atoms with Crippen molar-refractivity contribution in [2.45, 2.75) is 11.8 Å². The van der Waals surface area contributed by atoms with Crippen LogP contribution in [0.2, 0.25) is 0 Å². The van der Waals surface area contributed by atoms with E-state index in [2.05, 4.69) is 84.5 Å². The molecule has 100 valence electrons. The largest absolute Gasteiger partial charge is 0.313 e. The van der Waals surface area contributed by atoms with E-state index in [1.807, 2.05) is 0 Å². The Bertz CT molecular complexity index is 713. The third kappa shape index (κ3) is 2.27. The number of rotatable bonds is 3. The monoisotopic (exact) mass is 279 g/mol. The van der Waals surface area contributed by atoms with E-state index in [9.17, 15) is 0 Å². The molecule has 0 N–H and O–H groups in total. The van der Waals surface area contributed by atoms with Gasteiger partial charge in [0.05, 0.1) is 11.4 Å². The predicted molar refractivity (Wildman–Crippen MR) is 87.7 cm³/mol. The molecule has 0 amide bonds. The second-order valence-electron chi connectivity index (χ2n) is 4.73. The summed E-state index contributed by atoms with van der Waals surface area (Å²) in [4.78, 5) is 1.30. The quantitative estimate of drug-likeness (QED) is 0.598. The Morgan fingerprint density at radius 2 is 1.50 bits per heavy atom. The van der Waals surface area contributed by atoms with Gasteiger partial charge in [0, 0.05) is 10.6 Å². The van der Waals surface area contributed by atoms with Crippen LogP contribution in [0.15, 0.2) is 71.6 Å². The first-order chi connectivity index (χ1) is 9.81. The van der Waals surface area contributed by atoms with Crippen molar-refractivity contribution in [3.63, 3.8) is 0 Å². The first-order valence-electron chi connectivity index (χ1n) is 6.68. The molecular weight excluding hydrogens is 262 g/mol. The number of aromatic nitrogens is 1. The van der Waals surface area contributed by atoms with Crippen molar-refractivity contribution >= 4 is 11.8 Å². The lowest BCUT2D eigenvalue weighted by Gasteiger charge is -2.15. The molecule has 2 aromatic carbocycles. The van der Waals surface area contributed by atoms with E-state index in [1.165, 1.54) is 27.5 Å². The fourth-order valence-electron chi connectivity index (χ4n) is 2.51. The third-order valence-electron chi connectivity index (χ3n) is 3.47. The molecule has 20 heavy (non-hydrogen) atoms. The average molecular weight is 279 g/mol. The molecule has 0 fully saturated rings. The molecule has 0 unspecified atom stereocenters. The number of benzene rings is 2. The maximum Gasteiger partial charge on any atom is 0.0594 e. The van der Waals surface area contributed by atoms with Gasteiger partial charge in [-0.1, -0.05) is 42.5 Å². The summed E-state index contributed by atoms with van der Waals surface area (Å²) in [7, 11) is 0. The van der Waals surface area contributed by atoms with Gasteiger partial charge in [-0.3, -0.25) is 0 Å². The van der Waals surface area contributed by atoms with E-state index >= 15 is 0 Å². The Morgan fingerprint density at radius 3 is 2.25 bits per heavy atom. The first-order valence-corrected chi connectivity index (χ1v) is 7.91. The van der Waals surface area contributed by atoms with Crippen LogP contribution in [-0.2, 0) is 0 Å². The first kappa shape index (κ1) is 13.1. The molecular formula is C18H17NS. The third-order valence-corrected chi connectivity index (χ3v) is 4.26. The minimum atomic E-state index is 1.24.